The van der Waals surface area contributed by atoms with E-state index in [1.165, 1.54) is 0 Å². The van der Waals surface area contributed by atoms with Crippen LogP contribution in [-0.4, -0.2) is 21.4 Å². The van der Waals surface area contributed by atoms with Crippen molar-refractivity contribution in [2.24, 2.45) is 0 Å². The molecule has 0 saturated carbocycles. The van der Waals surface area contributed by atoms with E-state index in [4.69, 9.17) is 0 Å². The summed E-state index contributed by atoms with van der Waals surface area (Å²) in [7, 11) is 0. The van der Waals surface area contributed by atoms with E-state index in [0.717, 1.165) is 11.2 Å². The molecule has 0 radical (unpaired) electrons. The molecular weight excluding hydrogens is 176 g/mol. The van der Waals surface area contributed by atoms with Gasteiger partial charge in [0.1, 0.15) is 0 Å². The van der Waals surface area contributed by atoms with Gasteiger partial charge in [-0.15, -0.1) is 0 Å². The Labute approximate surface area is 73.4 Å². The topological polar surface area (TPSA) is 145 Å². The second-order valence-electron chi connectivity index (χ2n) is 1.95. The maximum absolute atomic E-state index is 4.09. The molecule has 0 spiro atoms. The number of fused-ring (bicyclic) bond motifs is 1. The van der Waals surface area contributed by atoms with Crippen molar-refractivity contribution in [3.05, 3.63) is 24.9 Å². The third-order valence-corrected chi connectivity index (χ3v) is 1.29. The van der Waals surface area contributed by atoms with Crippen molar-refractivity contribution in [1.82, 2.24) is 4.98 Å². The lowest BCUT2D eigenvalue weighted by molar-refractivity contribution is -0.552. The van der Waals surface area contributed by atoms with E-state index in [1.54, 1.807) is 18.7 Å². The summed E-state index contributed by atoms with van der Waals surface area (Å²) in [6, 6.07) is 0. The van der Waals surface area contributed by atoms with Crippen molar-refractivity contribution in [2.45, 2.75) is 0 Å². The van der Waals surface area contributed by atoms with Crippen LogP contribution in [0.15, 0.2) is 24.9 Å². The zero-order chi connectivity index (χ0) is 6.81. The fourth-order valence-electron chi connectivity index (χ4n) is 0.836. The molecule has 0 aliphatic heterocycles. The van der Waals surface area contributed by atoms with Gasteiger partial charge in [0, 0.05) is 0 Å². The smallest absolute Gasteiger partial charge is 0.477 e. The number of nitrogens with one attached hydrogen (secondary N) is 3. The first kappa shape index (κ1) is 13.9. The van der Waals surface area contributed by atoms with Gasteiger partial charge in [-0.2, -0.15) is 9.97 Å². The van der Waals surface area contributed by atoms with Crippen molar-refractivity contribution in [3.8, 4) is 0 Å². The molecule has 0 aliphatic carbocycles. The molecule has 0 fully saturated rings. The predicted molar refractivity (Wildman–Crippen MR) is 37.2 cm³/mol. The van der Waals surface area contributed by atoms with Crippen LogP contribution in [0.3, 0.4) is 0 Å². The minimum Gasteiger partial charge on any atom is -0.870 e. The van der Waals surface area contributed by atoms with Crippen LogP contribution in [0.2, 0.25) is 0 Å². The van der Waals surface area contributed by atoms with Crippen molar-refractivity contribution >= 4 is 11.2 Å². The van der Waals surface area contributed by atoms with Gasteiger partial charge in [-0.25, -0.2) is 4.98 Å². The molecule has 0 bridgehead atoms. The molecular formula is C6H10N4O3. The van der Waals surface area contributed by atoms with Gasteiger partial charge in [0.25, 0.3) is 5.52 Å². The fourth-order valence-corrected chi connectivity index (χ4v) is 0.836. The van der Waals surface area contributed by atoms with E-state index < -0.39 is 0 Å². The number of hydrogen-bond donors (Lipinski definition) is 0. The number of nitrogens with zero attached hydrogens (tertiary/aromatic N) is 1. The number of aromatic amines is 3. The third-order valence-electron chi connectivity index (χ3n) is 1.29. The van der Waals surface area contributed by atoms with Crippen LogP contribution in [0.1, 0.15) is 0 Å². The molecule has 2 heterocycles. The highest BCUT2D eigenvalue weighted by atomic mass is 16.0. The van der Waals surface area contributed by atoms with E-state index >= 15 is 0 Å². The summed E-state index contributed by atoms with van der Waals surface area (Å²) in [6.45, 7) is 0. The molecule has 0 amide bonds. The van der Waals surface area contributed by atoms with Gasteiger partial charge in [-0.1, -0.05) is 4.98 Å². The van der Waals surface area contributed by atoms with E-state index in [2.05, 4.69) is 19.9 Å². The van der Waals surface area contributed by atoms with E-state index in [1.807, 2.05) is 6.20 Å². The van der Waals surface area contributed by atoms with Crippen molar-refractivity contribution < 1.29 is 31.4 Å². The Morgan fingerprint density at radius 3 is 2.54 bits per heavy atom. The second-order valence-corrected chi connectivity index (χ2v) is 1.95. The predicted octanol–water partition coefficient (Wildman–Crippen LogP) is -1.85. The quantitative estimate of drug-likeness (QED) is 0.474. The lowest BCUT2D eigenvalue weighted by atomic mass is 10.5. The first-order chi connectivity index (χ1) is 4.97. The lowest BCUT2D eigenvalue weighted by Gasteiger charge is -1.74. The summed E-state index contributed by atoms with van der Waals surface area (Å²) in [5.74, 6) is 0. The molecule has 2 rings (SSSR count). The van der Waals surface area contributed by atoms with Crippen LogP contribution >= 0.6 is 0 Å². The minimum absolute atomic E-state index is 0. The molecule has 6 N–H and O–H groups in total. The Hall–Kier alpha value is -1.70. The molecule has 72 valence electrons. The molecule has 13 heavy (non-hydrogen) atoms. The van der Waals surface area contributed by atoms with Gasteiger partial charge in [0.15, 0.2) is 6.20 Å². The maximum Gasteiger partial charge on any atom is 0.477 e. The molecule has 2 aromatic heterocycles. The minimum atomic E-state index is 0. The van der Waals surface area contributed by atoms with E-state index in [-0.39, 0.29) is 16.4 Å². The zero-order valence-corrected chi connectivity index (χ0v) is 6.60. The van der Waals surface area contributed by atoms with Gasteiger partial charge in [0.2, 0.25) is 6.20 Å². The summed E-state index contributed by atoms with van der Waals surface area (Å²) >= 11 is 0. The summed E-state index contributed by atoms with van der Waals surface area (Å²) in [4.78, 5) is 13.0. The van der Waals surface area contributed by atoms with E-state index in [0.29, 0.717) is 0 Å². The Kier molecular flexibility index (Phi) is 6.28. The number of aromatic nitrogens is 4. The van der Waals surface area contributed by atoms with Crippen molar-refractivity contribution in [3.63, 3.8) is 0 Å². The average Bonchev–Trinajstić information content (AvgIpc) is 2.05. The average molecular weight is 186 g/mol. The van der Waals surface area contributed by atoms with E-state index in [9.17, 15) is 0 Å². The van der Waals surface area contributed by atoms with Crippen LogP contribution in [0.5, 0.6) is 0 Å². The van der Waals surface area contributed by atoms with Crippen LogP contribution in [0.4, 0.5) is 0 Å². The molecule has 0 aromatic carbocycles. The van der Waals surface area contributed by atoms with Crippen LogP contribution in [0, 0.1) is 0 Å². The maximum atomic E-state index is 4.09. The Bertz CT molecular complexity index is 291. The monoisotopic (exact) mass is 186 g/mol. The molecule has 7 heteroatoms. The SMILES string of the molecule is [OH-].[OH-].[OH-].c1c[nH+]c2[nH+]c[nH+]cc2n1. The summed E-state index contributed by atoms with van der Waals surface area (Å²) < 4.78 is 0. The van der Waals surface area contributed by atoms with Crippen molar-refractivity contribution in [2.75, 3.05) is 0 Å². The van der Waals surface area contributed by atoms with Crippen molar-refractivity contribution in [1.29, 1.82) is 0 Å². The zero-order valence-electron chi connectivity index (χ0n) is 6.60. The molecule has 0 atom stereocenters. The Balaban J connectivity index is 0. The van der Waals surface area contributed by atoms with Gasteiger partial charge >= 0.3 is 12.0 Å². The second kappa shape index (κ2) is 5.89. The number of rotatable bonds is 0. The molecule has 0 unspecified atom stereocenters. The molecule has 2 aromatic rings. The largest absolute Gasteiger partial charge is 0.870 e. The van der Waals surface area contributed by atoms with Gasteiger partial charge < -0.3 is 16.4 Å². The summed E-state index contributed by atoms with van der Waals surface area (Å²) in [5.41, 5.74) is 1.81. The fraction of sp³-hybridized carbons (Fsp3) is 0. The first-order valence-corrected chi connectivity index (χ1v) is 3.01. The van der Waals surface area contributed by atoms with Gasteiger partial charge in [-0.3, -0.25) is 0 Å². The van der Waals surface area contributed by atoms with Gasteiger partial charge in [0.05, 0.1) is 6.20 Å². The van der Waals surface area contributed by atoms with Crippen LogP contribution in [-0.2, 0) is 0 Å². The summed E-state index contributed by atoms with van der Waals surface area (Å²) in [6.07, 6.45) is 7.05. The highest BCUT2D eigenvalue weighted by Gasteiger charge is 2.08. The highest BCUT2D eigenvalue weighted by Crippen LogP contribution is 1.88. The van der Waals surface area contributed by atoms with Crippen LogP contribution < -0.4 is 15.0 Å². The number of hydrogen-bond acceptors (Lipinski definition) is 4. The molecule has 7 nitrogen and oxygen atoms in total. The number of H-pyrrole nitrogens is 3. The lowest BCUT2D eigenvalue weighted by Crippen LogP contribution is -2.22. The Morgan fingerprint density at radius 1 is 1.08 bits per heavy atom. The van der Waals surface area contributed by atoms with Gasteiger partial charge in [-0.05, 0) is 0 Å². The molecule has 0 aliphatic rings. The summed E-state index contributed by atoms with van der Waals surface area (Å²) in [5, 5.41) is 0. The van der Waals surface area contributed by atoms with Crippen LogP contribution in [0.25, 0.3) is 11.2 Å². The highest BCUT2D eigenvalue weighted by molar-refractivity contribution is 5.58. The Morgan fingerprint density at radius 2 is 1.85 bits per heavy atom. The normalized spacial score (nSPS) is 7.69. The molecule has 0 saturated heterocycles. The standard InChI is InChI=1S/C6H4N4.3H2O/c1-2-9-6-5(8-1)3-7-4-10-6;;;/h1-4H;3*1H2. The first-order valence-electron chi connectivity index (χ1n) is 3.01. The third kappa shape index (κ3) is 2.67.